The van der Waals surface area contributed by atoms with Crippen molar-refractivity contribution >= 4 is 40.3 Å². The first-order valence-electron chi connectivity index (χ1n) is 8.11. The number of carbonyl (C=O) groups excluding carboxylic acids is 1. The van der Waals surface area contributed by atoms with Gasteiger partial charge in [0.2, 0.25) is 5.91 Å². The molecule has 0 aromatic heterocycles. The molecule has 0 aliphatic carbocycles. The number of hydrogen-bond acceptors (Lipinski definition) is 2. The van der Waals surface area contributed by atoms with Crippen LogP contribution < -0.4 is 16.0 Å². The van der Waals surface area contributed by atoms with E-state index in [-0.39, 0.29) is 5.91 Å². The molecule has 0 bridgehead atoms. The zero-order valence-electron chi connectivity index (χ0n) is 14.1. The first-order valence-corrected chi connectivity index (χ1v) is 8.52. The van der Waals surface area contributed by atoms with Gasteiger partial charge in [-0.05, 0) is 67.0 Å². The van der Waals surface area contributed by atoms with E-state index in [1.54, 1.807) is 0 Å². The Bertz CT molecular complexity index is 681. The summed E-state index contributed by atoms with van der Waals surface area (Å²) < 4.78 is 0. The lowest BCUT2D eigenvalue weighted by atomic mass is 10.1. The average Bonchev–Trinajstić information content (AvgIpc) is 2.55. The fourth-order valence-corrected chi connectivity index (χ4v) is 2.50. The van der Waals surface area contributed by atoms with Crippen LogP contribution in [0.3, 0.4) is 0 Å². The van der Waals surface area contributed by atoms with E-state index in [1.807, 2.05) is 36.4 Å². The molecule has 0 saturated carbocycles. The van der Waals surface area contributed by atoms with Crippen molar-refractivity contribution in [2.75, 3.05) is 16.0 Å². The molecule has 0 unspecified atom stereocenters. The second kappa shape index (κ2) is 9.03. The van der Waals surface area contributed by atoms with Gasteiger partial charge in [0.25, 0.3) is 0 Å². The first kappa shape index (κ1) is 17.9. The molecule has 126 valence electrons. The molecule has 4 nitrogen and oxygen atoms in total. The zero-order chi connectivity index (χ0) is 17.4. The number of amides is 1. The van der Waals surface area contributed by atoms with Crippen LogP contribution in [-0.2, 0) is 11.2 Å². The molecule has 5 heteroatoms. The maximum absolute atomic E-state index is 11.0. The summed E-state index contributed by atoms with van der Waals surface area (Å²) >= 11 is 5.33. The van der Waals surface area contributed by atoms with Crippen molar-refractivity contribution in [1.29, 1.82) is 0 Å². The monoisotopic (exact) mass is 341 g/mol. The second-order valence-corrected chi connectivity index (χ2v) is 6.05. The maximum Gasteiger partial charge on any atom is 0.221 e. The third-order valence-electron chi connectivity index (χ3n) is 3.49. The summed E-state index contributed by atoms with van der Waals surface area (Å²) in [5.41, 5.74) is 3.92. The average molecular weight is 341 g/mol. The second-order valence-electron chi connectivity index (χ2n) is 5.64. The highest BCUT2D eigenvalue weighted by Crippen LogP contribution is 2.15. The lowest BCUT2D eigenvalue weighted by Gasteiger charge is -2.11. The van der Waals surface area contributed by atoms with Crippen LogP contribution in [0.25, 0.3) is 0 Å². The van der Waals surface area contributed by atoms with Crippen molar-refractivity contribution in [3.05, 3.63) is 54.1 Å². The van der Waals surface area contributed by atoms with Gasteiger partial charge in [-0.25, -0.2) is 0 Å². The standard InChI is InChI=1S/C19H23N3OS/c1-3-4-5-15-6-8-17(9-7-15)21-19(24)22-18-12-10-16(11-13-18)20-14(2)23/h6-13H,3-5H2,1-2H3,(H,20,23)(H2,21,22,24). The van der Waals surface area contributed by atoms with E-state index < -0.39 is 0 Å². The summed E-state index contributed by atoms with van der Waals surface area (Å²) in [6.07, 6.45) is 3.52. The van der Waals surface area contributed by atoms with Gasteiger partial charge in [0.05, 0.1) is 0 Å². The number of anilines is 3. The number of aryl methyl sites for hydroxylation is 1. The fourth-order valence-electron chi connectivity index (χ4n) is 2.27. The van der Waals surface area contributed by atoms with Crippen molar-refractivity contribution < 1.29 is 4.79 Å². The Hall–Kier alpha value is -2.40. The van der Waals surface area contributed by atoms with E-state index >= 15 is 0 Å². The Kier molecular flexibility index (Phi) is 6.75. The topological polar surface area (TPSA) is 53.2 Å². The van der Waals surface area contributed by atoms with Crippen LogP contribution in [0.5, 0.6) is 0 Å². The van der Waals surface area contributed by atoms with E-state index in [0.717, 1.165) is 23.5 Å². The van der Waals surface area contributed by atoms with Crippen molar-refractivity contribution in [2.45, 2.75) is 33.1 Å². The fraction of sp³-hybridized carbons (Fsp3) is 0.263. The molecular weight excluding hydrogens is 318 g/mol. The molecule has 0 fully saturated rings. The normalized spacial score (nSPS) is 10.1. The van der Waals surface area contributed by atoms with Crippen LogP contribution in [0.2, 0.25) is 0 Å². The van der Waals surface area contributed by atoms with Gasteiger partial charge in [0.1, 0.15) is 0 Å². The summed E-state index contributed by atoms with van der Waals surface area (Å²) in [4.78, 5) is 11.0. The highest BCUT2D eigenvalue weighted by Gasteiger charge is 2.01. The van der Waals surface area contributed by atoms with Gasteiger partial charge in [-0.1, -0.05) is 25.5 Å². The largest absolute Gasteiger partial charge is 0.332 e. The van der Waals surface area contributed by atoms with E-state index in [1.165, 1.54) is 25.3 Å². The molecule has 24 heavy (non-hydrogen) atoms. The van der Waals surface area contributed by atoms with E-state index in [2.05, 4.69) is 35.0 Å². The molecule has 0 heterocycles. The highest BCUT2D eigenvalue weighted by molar-refractivity contribution is 7.80. The molecule has 3 N–H and O–H groups in total. The zero-order valence-corrected chi connectivity index (χ0v) is 14.9. The Balaban J connectivity index is 1.87. The van der Waals surface area contributed by atoms with Gasteiger partial charge >= 0.3 is 0 Å². The van der Waals surface area contributed by atoms with E-state index in [4.69, 9.17) is 12.2 Å². The van der Waals surface area contributed by atoms with Crippen LogP contribution in [0.1, 0.15) is 32.3 Å². The molecule has 0 aliphatic heterocycles. The predicted octanol–water partition coefficient (Wildman–Crippen LogP) is 4.80. The lowest BCUT2D eigenvalue weighted by Crippen LogP contribution is -2.19. The molecule has 0 spiro atoms. The van der Waals surface area contributed by atoms with Gasteiger partial charge < -0.3 is 16.0 Å². The molecule has 2 aromatic rings. The molecule has 1 amide bonds. The van der Waals surface area contributed by atoms with Gasteiger partial charge in [0.15, 0.2) is 5.11 Å². The summed E-state index contributed by atoms with van der Waals surface area (Å²) in [5, 5.41) is 9.56. The maximum atomic E-state index is 11.0. The minimum absolute atomic E-state index is 0.0877. The van der Waals surface area contributed by atoms with Crippen molar-refractivity contribution in [3.8, 4) is 0 Å². The van der Waals surface area contributed by atoms with Crippen LogP contribution in [0, 0.1) is 0 Å². The van der Waals surface area contributed by atoms with Gasteiger partial charge in [-0.15, -0.1) is 0 Å². The number of unbranched alkanes of at least 4 members (excludes halogenated alkanes) is 1. The van der Waals surface area contributed by atoms with Crippen molar-refractivity contribution in [1.82, 2.24) is 0 Å². The summed E-state index contributed by atoms with van der Waals surface area (Å²) in [6.45, 7) is 3.68. The SMILES string of the molecule is CCCCc1ccc(NC(=S)Nc2ccc(NC(C)=O)cc2)cc1. The number of benzene rings is 2. The quantitative estimate of drug-likeness (QED) is 0.661. The number of thiocarbonyl (C=S) groups is 1. The van der Waals surface area contributed by atoms with Crippen LogP contribution in [0.15, 0.2) is 48.5 Å². The minimum Gasteiger partial charge on any atom is -0.332 e. The number of nitrogens with one attached hydrogen (secondary N) is 3. The van der Waals surface area contributed by atoms with E-state index in [0.29, 0.717) is 5.11 Å². The smallest absolute Gasteiger partial charge is 0.221 e. The molecular formula is C19H23N3OS. The Morgan fingerprint density at radius 1 is 0.875 bits per heavy atom. The number of hydrogen-bond donors (Lipinski definition) is 3. The Labute approximate surface area is 148 Å². The number of carbonyl (C=O) groups is 1. The highest BCUT2D eigenvalue weighted by atomic mass is 32.1. The van der Waals surface area contributed by atoms with Gasteiger partial charge in [0, 0.05) is 24.0 Å². The summed E-state index contributed by atoms with van der Waals surface area (Å²) in [6, 6.07) is 15.7. The van der Waals surface area contributed by atoms with Gasteiger partial charge in [-0.3, -0.25) is 4.79 Å². The van der Waals surface area contributed by atoms with Crippen molar-refractivity contribution in [3.63, 3.8) is 0 Å². The molecule has 0 aliphatic rings. The molecule has 0 saturated heterocycles. The Morgan fingerprint density at radius 2 is 1.33 bits per heavy atom. The summed E-state index contributed by atoms with van der Waals surface area (Å²) in [7, 11) is 0. The molecule has 0 radical (unpaired) electrons. The molecule has 2 aromatic carbocycles. The minimum atomic E-state index is -0.0877. The molecule has 0 atom stereocenters. The third-order valence-corrected chi connectivity index (χ3v) is 3.70. The number of rotatable bonds is 6. The van der Waals surface area contributed by atoms with E-state index in [9.17, 15) is 4.79 Å². The Morgan fingerprint density at radius 3 is 1.79 bits per heavy atom. The van der Waals surface area contributed by atoms with Crippen LogP contribution in [0.4, 0.5) is 17.1 Å². The van der Waals surface area contributed by atoms with Crippen LogP contribution >= 0.6 is 12.2 Å². The van der Waals surface area contributed by atoms with Gasteiger partial charge in [-0.2, -0.15) is 0 Å². The van der Waals surface area contributed by atoms with Crippen LogP contribution in [-0.4, -0.2) is 11.0 Å². The first-order chi connectivity index (χ1) is 11.6. The predicted molar refractivity (Wildman–Crippen MR) is 106 cm³/mol. The lowest BCUT2D eigenvalue weighted by molar-refractivity contribution is -0.114. The summed E-state index contributed by atoms with van der Waals surface area (Å²) in [5.74, 6) is -0.0877. The van der Waals surface area contributed by atoms with Crippen molar-refractivity contribution in [2.24, 2.45) is 0 Å². The third kappa shape index (κ3) is 6.01. The molecule has 2 rings (SSSR count).